The molecule has 0 aliphatic carbocycles. The minimum Gasteiger partial charge on any atom is -0.351 e. The third-order valence-corrected chi connectivity index (χ3v) is 2.96. The smallest absolute Gasteiger partial charge is 0.203 e. The summed E-state index contributed by atoms with van der Waals surface area (Å²) in [5.41, 5.74) is 0. The van der Waals surface area contributed by atoms with Crippen LogP contribution in [0.2, 0.25) is 0 Å². The Bertz CT molecular complexity index is 341. The van der Waals surface area contributed by atoms with E-state index in [0.29, 0.717) is 17.9 Å². The van der Waals surface area contributed by atoms with Crippen LogP contribution >= 0.6 is 0 Å². The first-order valence-electron chi connectivity index (χ1n) is 6.82. The van der Waals surface area contributed by atoms with Crippen molar-refractivity contribution in [3.63, 3.8) is 0 Å². The summed E-state index contributed by atoms with van der Waals surface area (Å²) in [6, 6.07) is 0.424. The lowest BCUT2D eigenvalue weighted by atomic mass is 10.0. The predicted molar refractivity (Wildman–Crippen MR) is 77.9 cm³/mol. The minimum absolute atomic E-state index is 0.424. The second kappa shape index (κ2) is 6.78. The monoisotopic (exact) mass is 252 g/mol. The summed E-state index contributed by atoms with van der Waals surface area (Å²) in [6.45, 7) is 11.0. The number of anilines is 1. The van der Waals surface area contributed by atoms with Crippen LogP contribution in [0, 0.1) is 11.8 Å². The molecule has 104 valence electrons. The fourth-order valence-corrected chi connectivity index (χ4v) is 1.97. The Morgan fingerprint density at radius 3 is 2.44 bits per heavy atom. The van der Waals surface area contributed by atoms with Crippen molar-refractivity contribution in [2.45, 2.75) is 40.3 Å². The molecule has 0 saturated carbocycles. The summed E-state index contributed by atoms with van der Waals surface area (Å²) in [5.74, 6) is 2.20. The zero-order chi connectivity index (χ0) is 13.7. The fraction of sp³-hybridized carbons (Fsp3) is 0.786. The Kier molecular flexibility index (Phi) is 5.66. The van der Waals surface area contributed by atoms with E-state index in [-0.39, 0.29) is 0 Å². The van der Waals surface area contributed by atoms with Gasteiger partial charge in [-0.05, 0) is 25.9 Å². The maximum absolute atomic E-state index is 4.43. The third kappa shape index (κ3) is 4.69. The number of rotatable bonds is 7. The molecule has 0 saturated heterocycles. The largest absolute Gasteiger partial charge is 0.351 e. The molecular formula is C14H28N4. The molecule has 1 rings (SSSR count). The van der Waals surface area contributed by atoms with Crippen LogP contribution < -0.4 is 5.32 Å². The van der Waals surface area contributed by atoms with E-state index in [1.807, 2.05) is 6.20 Å². The van der Waals surface area contributed by atoms with Gasteiger partial charge in [-0.3, -0.25) is 0 Å². The molecule has 0 radical (unpaired) electrons. The number of likely N-dealkylation sites (N-methyl/N-ethyl adjacent to an activating group) is 1. The van der Waals surface area contributed by atoms with E-state index in [1.165, 1.54) is 0 Å². The van der Waals surface area contributed by atoms with E-state index in [1.54, 1.807) is 0 Å². The van der Waals surface area contributed by atoms with Crippen LogP contribution in [0.3, 0.4) is 0 Å². The Hall–Kier alpha value is -1.03. The normalized spacial score (nSPS) is 13.6. The number of nitrogens with zero attached hydrogens (tertiary/aromatic N) is 3. The summed E-state index contributed by atoms with van der Waals surface area (Å²) >= 11 is 0. The first-order valence-corrected chi connectivity index (χ1v) is 6.82. The molecule has 1 aromatic heterocycles. The van der Waals surface area contributed by atoms with E-state index in [2.05, 4.69) is 67.8 Å². The highest BCUT2D eigenvalue weighted by Gasteiger charge is 2.16. The maximum Gasteiger partial charge on any atom is 0.203 e. The van der Waals surface area contributed by atoms with Gasteiger partial charge in [-0.25, -0.2) is 4.98 Å². The van der Waals surface area contributed by atoms with Crippen molar-refractivity contribution in [1.82, 2.24) is 14.5 Å². The molecule has 0 aromatic carbocycles. The molecule has 1 heterocycles. The van der Waals surface area contributed by atoms with Gasteiger partial charge in [-0.2, -0.15) is 0 Å². The van der Waals surface area contributed by atoms with Gasteiger partial charge in [0.25, 0.3) is 0 Å². The SMILES string of the molecule is CC(C)Cn1ccnc1NC(CN(C)C)C(C)C. The number of hydrogen-bond acceptors (Lipinski definition) is 3. The first kappa shape index (κ1) is 15.0. The number of aromatic nitrogens is 2. The fourth-order valence-electron chi connectivity index (χ4n) is 1.97. The molecule has 18 heavy (non-hydrogen) atoms. The maximum atomic E-state index is 4.43. The highest BCUT2D eigenvalue weighted by atomic mass is 15.2. The lowest BCUT2D eigenvalue weighted by Gasteiger charge is -2.26. The van der Waals surface area contributed by atoms with Crippen molar-refractivity contribution in [3.05, 3.63) is 12.4 Å². The van der Waals surface area contributed by atoms with Crippen molar-refractivity contribution in [2.75, 3.05) is 26.0 Å². The van der Waals surface area contributed by atoms with Crippen molar-refractivity contribution < 1.29 is 0 Å². The van der Waals surface area contributed by atoms with Crippen molar-refractivity contribution in [2.24, 2.45) is 11.8 Å². The van der Waals surface area contributed by atoms with Gasteiger partial charge in [0.1, 0.15) is 0 Å². The zero-order valence-electron chi connectivity index (χ0n) is 12.6. The average Bonchev–Trinajstić information content (AvgIpc) is 2.63. The van der Waals surface area contributed by atoms with Gasteiger partial charge in [-0.15, -0.1) is 0 Å². The quantitative estimate of drug-likeness (QED) is 0.809. The number of nitrogens with one attached hydrogen (secondary N) is 1. The molecular weight excluding hydrogens is 224 g/mol. The molecule has 0 aliphatic heterocycles. The summed E-state index contributed by atoms with van der Waals surface area (Å²) < 4.78 is 2.20. The molecule has 1 N–H and O–H groups in total. The van der Waals surface area contributed by atoms with Crippen LogP contribution in [0.1, 0.15) is 27.7 Å². The van der Waals surface area contributed by atoms with Gasteiger partial charge >= 0.3 is 0 Å². The van der Waals surface area contributed by atoms with Gasteiger partial charge in [-0.1, -0.05) is 27.7 Å². The molecule has 0 aliphatic rings. The average molecular weight is 252 g/mol. The second-order valence-corrected chi connectivity index (χ2v) is 6.05. The lowest BCUT2D eigenvalue weighted by Crippen LogP contribution is -2.37. The summed E-state index contributed by atoms with van der Waals surface area (Å²) in [7, 11) is 4.22. The van der Waals surface area contributed by atoms with Crippen molar-refractivity contribution >= 4 is 5.95 Å². The second-order valence-electron chi connectivity index (χ2n) is 6.05. The van der Waals surface area contributed by atoms with Crippen molar-refractivity contribution in [1.29, 1.82) is 0 Å². The molecule has 0 fully saturated rings. The van der Waals surface area contributed by atoms with Gasteiger partial charge in [0.15, 0.2) is 0 Å². The first-order chi connectivity index (χ1) is 8.40. The molecule has 1 atom stereocenters. The molecule has 0 amide bonds. The molecule has 4 heteroatoms. The van der Waals surface area contributed by atoms with Gasteiger partial charge in [0.05, 0.1) is 0 Å². The standard InChI is InChI=1S/C14H28N4/c1-11(2)9-18-8-7-15-14(18)16-13(12(3)4)10-17(5)6/h7-8,11-13H,9-10H2,1-6H3,(H,15,16). The van der Waals surface area contributed by atoms with E-state index in [0.717, 1.165) is 19.0 Å². The minimum atomic E-state index is 0.424. The topological polar surface area (TPSA) is 33.1 Å². The molecule has 4 nitrogen and oxygen atoms in total. The summed E-state index contributed by atoms with van der Waals surface area (Å²) in [6.07, 6.45) is 3.92. The van der Waals surface area contributed by atoms with E-state index in [4.69, 9.17) is 0 Å². The van der Waals surface area contributed by atoms with Gasteiger partial charge in [0.2, 0.25) is 5.95 Å². The molecule has 0 spiro atoms. The van der Waals surface area contributed by atoms with Crippen LogP contribution in [0.5, 0.6) is 0 Å². The van der Waals surface area contributed by atoms with Crippen LogP contribution in [0.15, 0.2) is 12.4 Å². The molecule has 0 bridgehead atoms. The molecule has 1 unspecified atom stereocenters. The summed E-state index contributed by atoms with van der Waals surface area (Å²) in [4.78, 5) is 6.65. The predicted octanol–water partition coefficient (Wildman–Crippen LogP) is 2.54. The van der Waals surface area contributed by atoms with Crippen LogP contribution in [-0.2, 0) is 6.54 Å². The van der Waals surface area contributed by atoms with E-state index < -0.39 is 0 Å². The Balaban J connectivity index is 2.71. The lowest BCUT2D eigenvalue weighted by molar-refractivity contribution is 0.342. The molecule has 1 aromatic rings. The van der Waals surface area contributed by atoms with Crippen LogP contribution in [0.25, 0.3) is 0 Å². The Morgan fingerprint density at radius 1 is 1.28 bits per heavy atom. The number of hydrogen-bond donors (Lipinski definition) is 1. The van der Waals surface area contributed by atoms with E-state index in [9.17, 15) is 0 Å². The highest BCUT2D eigenvalue weighted by Crippen LogP contribution is 2.13. The van der Waals surface area contributed by atoms with Crippen molar-refractivity contribution in [3.8, 4) is 0 Å². The van der Waals surface area contributed by atoms with Crippen LogP contribution in [0.4, 0.5) is 5.95 Å². The zero-order valence-corrected chi connectivity index (χ0v) is 12.6. The third-order valence-electron chi connectivity index (χ3n) is 2.96. The summed E-state index contributed by atoms with van der Waals surface area (Å²) in [5, 5.41) is 3.57. The van der Waals surface area contributed by atoms with Gasteiger partial charge < -0.3 is 14.8 Å². The Morgan fingerprint density at radius 2 is 1.94 bits per heavy atom. The van der Waals surface area contributed by atoms with E-state index >= 15 is 0 Å². The van der Waals surface area contributed by atoms with Gasteiger partial charge in [0, 0.05) is 31.5 Å². The number of imidazole rings is 1. The Labute approximate surface area is 111 Å². The van der Waals surface area contributed by atoms with Crippen LogP contribution in [-0.4, -0.2) is 41.1 Å². The highest BCUT2D eigenvalue weighted by molar-refractivity contribution is 5.28.